The smallest absolute Gasteiger partial charge is 0.731 e. The first-order valence-corrected chi connectivity index (χ1v) is 9.91. The molecule has 2 N–H and O–H groups in total. The summed E-state index contributed by atoms with van der Waals surface area (Å²) >= 11 is 6.37. The fourth-order valence-corrected chi connectivity index (χ4v) is 3.83. The van der Waals surface area contributed by atoms with Crippen LogP contribution in [0, 0.1) is 0 Å². The van der Waals surface area contributed by atoms with E-state index in [1.165, 1.54) is 19.4 Å². The summed E-state index contributed by atoms with van der Waals surface area (Å²) in [5, 5.41) is 9.77. The minimum atomic E-state index is -4.96. The molecule has 148 valence electrons. The molecule has 1 saturated heterocycles. The molecule has 0 unspecified atom stereocenters. The topological polar surface area (TPSA) is 170 Å². The number of carbonyl (C=O) groups excluding carboxylic acids is 3. The summed E-state index contributed by atoms with van der Waals surface area (Å²) in [6.07, 6.45) is 0. The molecule has 2 atom stereocenters. The number of halogens is 1. The quantitative estimate of drug-likeness (QED) is 0.103. The van der Waals surface area contributed by atoms with Gasteiger partial charge in [-0.2, -0.15) is 0 Å². The van der Waals surface area contributed by atoms with Gasteiger partial charge in [-0.25, -0.2) is 17.7 Å². The van der Waals surface area contributed by atoms with Crippen molar-refractivity contribution < 1.29 is 61.7 Å². The Morgan fingerprint density at radius 1 is 1.50 bits per heavy atom. The van der Waals surface area contributed by atoms with Crippen LogP contribution < -0.4 is 40.2 Å². The number of rotatable bonds is 7. The maximum atomic E-state index is 12.4. The molecular formula is C12H13ClN5NaO7S2. The van der Waals surface area contributed by atoms with Gasteiger partial charge in [-0.05, 0) is 6.92 Å². The van der Waals surface area contributed by atoms with E-state index in [-0.39, 0.29) is 56.3 Å². The summed E-state index contributed by atoms with van der Waals surface area (Å²) in [6.45, 7) is 1.29. The summed E-state index contributed by atoms with van der Waals surface area (Å²) in [6, 6.07) is -2.28. The summed E-state index contributed by atoms with van der Waals surface area (Å²) < 4.78 is 33.1. The zero-order valence-corrected chi connectivity index (χ0v) is 19.2. The van der Waals surface area contributed by atoms with E-state index < -0.39 is 40.1 Å². The summed E-state index contributed by atoms with van der Waals surface area (Å²) in [4.78, 5) is 44.1. The van der Waals surface area contributed by atoms with Crippen LogP contribution in [0.2, 0.25) is 0 Å². The molecule has 0 spiro atoms. The minimum Gasteiger partial charge on any atom is -0.731 e. The van der Waals surface area contributed by atoms with Gasteiger partial charge in [0, 0.05) is 5.38 Å². The maximum Gasteiger partial charge on any atom is 1.00 e. The van der Waals surface area contributed by atoms with Gasteiger partial charge >= 0.3 is 29.6 Å². The van der Waals surface area contributed by atoms with Crippen LogP contribution in [-0.2, 0) is 29.5 Å². The van der Waals surface area contributed by atoms with Crippen molar-refractivity contribution >= 4 is 61.8 Å². The number of oxime groups is 1. The van der Waals surface area contributed by atoms with Gasteiger partial charge in [0.2, 0.25) is 5.91 Å². The number of anilines is 1. The predicted molar refractivity (Wildman–Crippen MR) is 92.9 cm³/mol. The normalized spacial score (nSPS) is 19.4. The third-order valence-electron chi connectivity index (χ3n) is 3.38. The molecule has 0 aliphatic carbocycles. The van der Waals surface area contributed by atoms with E-state index in [1.807, 2.05) is 0 Å². The van der Waals surface area contributed by atoms with Gasteiger partial charge in [0.05, 0.1) is 6.04 Å². The fourth-order valence-electron chi connectivity index (χ4n) is 2.19. The molecule has 3 amide bonds. The number of nitrogens with one attached hydrogen (secondary N) is 2. The Morgan fingerprint density at radius 3 is 2.64 bits per heavy atom. The number of alkyl halides is 1. The zero-order valence-electron chi connectivity index (χ0n) is 14.8. The largest absolute Gasteiger partial charge is 1.00 e. The molecule has 16 heteroatoms. The Balaban J connectivity index is 0.00000392. The molecular weight excluding hydrogens is 449 g/mol. The third-order valence-corrected chi connectivity index (χ3v) is 5.37. The van der Waals surface area contributed by atoms with Gasteiger partial charge in [0.25, 0.3) is 11.8 Å². The van der Waals surface area contributed by atoms with E-state index in [4.69, 9.17) is 11.6 Å². The summed E-state index contributed by atoms with van der Waals surface area (Å²) in [5.74, 6) is -2.73. The summed E-state index contributed by atoms with van der Waals surface area (Å²) in [7, 11) is -3.78. The Bertz CT molecular complexity index is 906. The van der Waals surface area contributed by atoms with Crippen LogP contribution in [0.1, 0.15) is 12.6 Å². The average molecular weight is 462 g/mol. The van der Waals surface area contributed by atoms with E-state index in [0.717, 1.165) is 11.3 Å². The van der Waals surface area contributed by atoms with Crippen LogP contribution in [0.3, 0.4) is 0 Å². The fraction of sp³-hybridized carbons (Fsp3) is 0.417. The van der Waals surface area contributed by atoms with Crippen LogP contribution in [-0.4, -0.2) is 70.8 Å². The monoisotopic (exact) mass is 461 g/mol. The van der Waals surface area contributed by atoms with Crippen molar-refractivity contribution in [1.29, 1.82) is 0 Å². The Hall–Kier alpha value is -1.29. The molecule has 0 radical (unpaired) electrons. The van der Waals surface area contributed by atoms with Crippen molar-refractivity contribution in [2.24, 2.45) is 5.16 Å². The van der Waals surface area contributed by atoms with Gasteiger partial charge < -0.3 is 20.0 Å². The number of nitrogens with zero attached hydrogens (tertiary/aromatic N) is 3. The first kappa shape index (κ1) is 24.7. The van der Waals surface area contributed by atoms with Crippen molar-refractivity contribution in [3.63, 3.8) is 0 Å². The van der Waals surface area contributed by atoms with Crippen molar-refractivity contribution in [1.82, 2.24) is 14.6 Å². The number of hydrogen-bond acceptors (Lipinski definition) is 10. The van der Waals surface area contributed by atoms with E-state index >= 15 is 0 Å². The second-order valence-electron chi connectivity index (χ2n) is 5.13. The van der Waals surface area contributed by atoms with Gasteiger partial charge in [0.15, 0.2) is 21.1 Å². The predicted octanol–water partition coefficient (Wildman–Crippen LogP) is -4.15. The number of amides is 3. The third kappa shape index (κ3) is 5.40. The molecule has 0 aromatic carbocycles. The molecule has 1 aliphatic rings. The Morgan fingerprint density at radius 2 is 2.14 bits per heavy atom. The molecule has 1 aliphatic heterocycles. The number of aromatic nitrogens is 1. The van der Waals surface area contributed by atoms with E-state index in [0.29, 0.717) is 0 Å². The molecule has 1 aromatic heterocycles. The van der Waals surface area contributed by atoms with Crippen LogP contribution in [0.5, 0.6) is 0 Å². The average Bonchev–Trinajstić information content (AvgIpc) is 3.04. The maximum absolute atomic E-state index is 12.4. The van der Waals surface area contributed by atoms with Crippen molar-refractivity contribution in [2.45, 2.75) is 19.0 Å². The Kier molecular flexibility index (Phi) is 8.80. The van der Waals surface area contributed by atoms with E-state index in [2.05, 4.69) is 25.6 Å². The molecule has 28 heavy (non-hydrogen) atoms. The van der Waals surface area contributed by atoms with Gasteiger partial charge in [-0.1, -0.05) is 5.16 Å². The molecule has 1 fully saturated rings. The van der Waals surface area contributed by atoms with Gasteiger partial charge in [0.1, 0.15) is 24.7 Å². The number of hydrogen-bond donors (Lipinski definition) is 2. The van der Waals surface area contributed by atoms with Crippen LogP contribution >= 0.6 is 22.9 Å². The van der Waals surface area contributed by atoms with Crippen LogP contribution in [0.4, 0.5) is 5.13 Å². The van der Waals surface area contributed by atoms with Crippen LogP contribution in [0.25, 0.3) is 0 Å². The van der Waals surface area contributed by atoms with Crippen molar-refractivity contribution in [3.8, 4) is 0 Å². The first-order chi connectivity index (χ1) is 12.6. The minimum absolute atomic E-state index is 0. The second kappa shape index (κ2) is 9.96. The molecule has 2 heterocycles. The van der Waals surface area contributed by atoms with Crippen molar-refractivity contribution in [2.75, 3.05) is 18.3 Å². The molecule has 0 saturated carbocycles. The number of β-lactam (4-membered cyclic amide) rings is 1. The number of carbonyl (C=O) groups is 3. The second-order valence-corrected chi connectivity index (χ2v) is 7.50. The van der Waals surface area contributed by atoms with Gasteiger partial charge in [-0.15, -0.1) is 22.9 Å². The molecule has 1 aromatic rings. The standard InChI is InChI=1S/C12H14ClN5O7S2.Na/c1-5-8(11(21)18(5)27(22,23)24)16-10(20)9(17-25-2)6-4-26-12(14-6)15-7(19)3-13;/h4-5,8H,3H2,1-2H3,(H,16,20)(H,14,15,19)(H,22,23,24);/q;+1/p-1/t5-,8-;/m0./s1. The van der Waals surface area contributed by atoms with Gasteiger partial charge in [-0.3, -0.25) is 14.4 Å². The number of thiazole rings is 1. The van der Waals surface area contributed by atoms with Crippen LogP contribution in [0.15, 0.2) is 10.5 Å². The molecule has 12 nitrogen and oxygen atoms in total. The molecule has 0 bridgehead atoms. The summed E-state index contributed by atoms with van der Waals surface area (Å²) in [5.41, 5.74) is -0.277. The first-order valence-electron chi connectivity index (χ1n) is 7.13. The SMILES string of the molecule is CON=C(C(=O)N[C@@H]1C(=O)N(S(=O)(=O)[O-])[C@H]1C)c1csc(NC(=O)CCl)n1.[Na+]. The zero-order chi connectivity index (χ0) is 20.4. The molecule has 2 rings (SSSR count). The van der Waals surface area contributed by atoms with E-state index in [9.17, 15) is 27.4 Å². The van der Waals surface area contributed by atoms with E-state index in [1.54, 1.807) is 0 Å². The van der Waals surface area contributed by atoms with Crippen molar-refractivity contribution in [3.05, 3.63) is 11.1 Å². The Labute approximate surface area is 190 Å².